The van der Waals surface area contributed by atoms with Gasteiger partial charge in [-0.25, -0.2) is 0 Å². The highest BCUT2D eigenvalue weighted by atomic mass is 28.4. The maximum Gasteiger partial charge on any atom is 0.244 e. The van der Waals surface area contributed by atoms with Crippen LogP contribution in [-0.4, -0.2) is 70.9 Å². The van der Waals surface area contributed by atoms with E-state index in [1.54, 1.807) is 0 Å². The van der Waals surface area contributed by atoms with Gasteiger partial charge in [0, 0.05) is 0 Å². The molecule has 4 rings (SSSR count). The summed E-state index contributed by atoms with van der Waals surface area (Å²) in [7, 11) is -5.91. The molecular formula is C40H54O9Si2. The van der Waals surface area contributed by atoms with Crippen LogP contribution in [0.25, 0.3) is 0 Å². The van der Waals surface area contributed by atoms with Crippen molar-refractivity contribution in [1.82, 2.24) is 0 Å². The predicted molar refractivity (Wildman–Crippen MR) is 209 cm³/mol. The van der Waals surface area contributed by atoms with E-state index in [0.717, 1.165) is 20.7 Å². The van der Waals surface area contributed by atoms with E-state index in [4.69, 9.17) is 42.0 Å². The minimum absolute atomic E-state index is 0.458. The zero-order valence-electron chi connectivity index (χ0n) is 31.4. The number of rotatable bonds is 22. The van der Waals surface area contributed by atoms with Gasteiger partial charge in [-0.1, -0.05) is 24.3 Å². The number of hydrogen-bond acceptors (Lipinski definition) is 9. The molecule has 0 fully saturated rings. The van der Waals surface area contributed by atoms with Crippen molar-refractivity contribution in [2.75, 3.05) is 52.9 Å². The molecule has 4 aromatic rings. The molecule has 0 bridgehead atoms. The van der Waals surface area contributed by atoms with E-state index in [1.165, 1.54) is 0 Å². The first-order valence-electron chi connectivity index (χ1n) is 18.2. The molecule has 0 aromatic heterocycles. The lowest BCUT2D eigenvalue weighted by molar-refractivity contribution is 0.324. The molecule has 276 valence electrons. The zero-order valence-corrected chi connectivity index (χ0v) is 33.7. The van der Waals surface area contributed by atoms with Crippen molar-refractivity contribution in [3.63, 3.8) is 0 Å². The fourth-order valence-electron chi connectivity index (χ4n) is 6.08. The SMILES string of the molecule is CCOc1cccc(OCC)c1[SiH](O[SiH](c1c(OCC)cccc1OCC)c1c(OCC)cccc1OCC)c1c(OCC)cccc1OCC. The van der Waals surface area contributed by atoms with Crippen LogP contribution >= 0.6 is 0 Å². The Bertz CT molecular complexity index is 1330. The lowest BCUT2D eigenvalue weighted by Gasteiger charge is -2.32. The Morgan fingerprint density at radius 3 is 0.588 bits per heavy atom. The number of hydrogen-bond donors (Lipinski definition) is 0. The normalized spacial score (nSPS) is 11.0. The standard InChI is InChI=1S/C40H54O9Si2/c1-9-41-29-21-17-22-30(42-10-2)37(29)50(38-31(43-11-3)23-18-24-32(38)44-12-4)49-51(39-33(45-13-5)25-19-26-34(39)46-14-6)40-35(47-15-7)27-20-28-36(40)48-16-8/h17-28,50-51H,9-16H2,1-8H3. The molecule has 0 radical (unpaired) electrons. The summed E-state index contributed by atoms with van der Waals surface area (Å²) in [6.07, 6.45) is 0. The molecule has 0 amide bonds. The largest absolute Gasteiger partial charge is 0.494 e. The maximum atomic E-state index is 7.93. The van der Waals surface area contributed by atoms with Crippen molar-refractivity contribution in [2.24, 2.45) is 0 Å². The number of ether oxygens (including phenoxy) is 8. The third-order valence-electron chi connectivity index (χ3n) is 7.82. The smallest absolute Gasteiger partial charge is 0.244 e. The highest BCUT2D eigenvalue weighted by molar-refractivity contribution is 6.94. The van der Waals surface area contributed by atoms with Gasteiger partial charge in [-0.3, -0.25) is 0 Å². The van der Waals surface area contributed by atoms with Crippen LogP contribution in [0.1, 0.15) is 55.4 Å². The molecule has 0 aliphatic carbocycles. The summed E-state index contributed by atoms with van der Waals surface area (Å²) in [5, 5.41) is 3.41. The van der Waals surface area contributed by atoms with Crippen LogP contribution in [-0.2, 0) is 4.12 Å². The quantitative estimate of drug-likeness (QED) is 0.100. The third-order valence-corrected chi connectivity index (χ3v) is 14.4. The summed E-state index contributed by atoms with van der Waals surface area (Å²) < 4.78 is 59.0. The molecule has 11 heteroatoms. The molecule has 0 N–H and O–H groups in total. The van der Waals surface area contributed by atoms with Gasteiger partial charge in [0.25, 0.3) is 0 Å². The summed E-state index contributed by atoms with van der Waals surface area (Å²) in [6, 6.07) is 23.6. The molecule has 0 aliphatic rings. The molecule has 0 aliphatic heterocycles. The molecule has 9 nitrogen and oxygen atoms in total. The van der Waals surface area contributed by atoms with Gasteiger partial charge in [0.1, 0.15) is 46.0 Å². The molecule has 0 spiro atoms. The second-order valence-electron chi connectivity index (χ2n) is 11.0. The van der Waals surface area contributed by atoms with Crippen molar-refractivity contribution >= 4 is 38.8 Å². The Kier molecular flexibility index (Phi) is 15.9. The van der Waals surface area contributed by atoms with E-state index in [2.05, 4.69) is 0 Å². The van der Waals surface area contributed by atoms with Crippen LogP contribution in [0.2, 0.25) is 0 Å². The van der Waals surface area contributed by atoms with Gasteiger partial charge in [-0.05, 0) is 104 Å². The van der Waals surface area contributed by atoms with Crippen molar-refractivity contribution in [3.8, 4) is 46.0 Å². The van der Waals surface area contributed by atoms with Crippen molar-refractivity contribution in [3.05, 3.63) is 72.8 Å². The monoisotopic (exact) mass is 734 g/mol. The molecule has 4 aromatic carbocycles. The second kappa shape index (κ2) is 20.5. The summed E-state index contributed by atoms with van der Waals surface area (Å²) in [4.78, 5) is 0. The average molecular weight is 735 g/mol. The van der Waals surface area contributed by atoms with Gasteiger partial charge in [0.05, 0.1) is 73.6 Å². The van der Waals surface area contributed by atoms with E-state index in [0.29, 0.717) is 98.9 Å². The van der Waals surface area contributed by atoms with Crippen LogP contribution in [0, 0.1) is 0 Å². The number of benzene rings is 4. The van der Waals surface area contributed by atoms with Crippen molar-refractivity contribution in [1.29, 1.82) is 0 Å². The van der Waals surface area contributed by atoms with E-state index >= 15 is 0 Å². The topological polar surface area (TPSA) is 83.1 Å². The zero-order chi connectivity index (χ0) is 36.6. The fraction of sp³-hybridized carbons (Fsp3) is 0.400. The van der Waals surface area contributed by atoms with Crippen LogP contribution in [0.5, 0.6) is 46.0 Å². The van der Waals surface area contributed by atoms with Crippen LogP contribution in [0.4, 0.5) is 0 Å². The first-order valence-corrected chi connectivity index (χ1v) is 21.5. The molecule has 0 saturated heterocycles. The van der Waals surface area contributed by atoms with E-state index < -0.39 is 18.1 Å². The highest BCUT2D eigenvalue weighted by Gasteiger charge is 2.40. The Labute approximate surface area is 307 Å². The van der Waals surface area contributed by atoms with Crippen molar-refractivity contribution < 1.29 is 42.0 Å². The van der Waals surface area contributed by atoms with Crippen LogP contribution in [0.15, 0.2) is 72.8 Å². The Balaban J connectivity index is 2.21. The minimum Gasteiger partial charge on any atom is -0.494 e. The Hall–Kier alpha value is -4.33. The van der Waals surface area contributed by atoms with Gasteiger partial charge in [-0.2, -0.15) is 0 Å². The molecule has 0 heterocycles. The van der Waals surface area contributed by atoms with E-state index in [1.807, 2.05) is 128 Å². The second-order valence-corrected chi connectivity index (χ2v) is 16.0. The first-order chi connectivity index (χ1) is 25.0. The lowest BCUT2D eigenvalue weighted by atomic mass is 10.3. The van der Waals surface area contributed by atoms with Crippen LogP contribution < -0.4 is 58.6 Å². The summed E-state index contributed by atoms with van der Waals surface area (Å²) in [5.74, 6) is 5.50. The van der Waals surface area contributed by atoms with Gasteiger partial charge in [0.2, 0.25) is 18.1 Å². The van der Waals surface area contributed by atoms with E-state index in [-0.39, 0.29) is 0 Å². The fourth-order valence-corrected chi connectivity index (χ4v) is 13.4. The van der Waals surface area contributed by atoms with Crippen LogP contribution in [0.3, 0.4) is 0 Å². The molecule has 0 unspecified atom stereocenters. The average Bonchev–Trinajstić information content (AvgIpc) is 3.12. The lowest BCUT2D eigenvalue weighted by Crippen LogP contribution is -2.57. The van der Waals surface area contributed by atoms with E-state index in [9.17, 15) is 0 Å². The van der Waals surface area contributed by atoms with Gasteiger partial charge < -0.3 is 42.0 Å². The first kappa shape index (κ1) is 39.5. The summed E-state index contributed by atoms with van der Waals surface area (Å²) in [5.41, 5.74) is 0. The Morgan fingerprint density at radius 1 is 0.294 bits per heavy atom. The molecule has 0 atom stereocenters. The molecule has 51 heavy (non-hydrogen) atoms. The Morgan fingerprint density at radius 2 is 0.451 bits per heavy atom. The summed E-state index contributed by atoms with van der Waals surface area (Å²) >= 11 is 0. The van der Waals surface area contributed by atoms with Crippen molar-refractivity contribution in [2.45, 2.75) is 55.4 Å². The summed E-state index contributed by atoms with van der Waals surface area (Å²) in [6.45, 7) is 19.5. The molecular weight excluding hydrogens is 681 g/mol. The van der Waals surface area contributed by atoms with Gasteiger partial charge >= 0.3 is 0 Å². The minimum atomic E-state index is -2.95. The molecule has 0 saturated carbocycles. The third kappa shape index (κ3) is 9.52. The predicted octanol–water partition coefficient (Wildman–Crippen LogP) is 5.27. The maximum absolute atomic E-state index is 7.93. The highest BCUT2D eigenvalue weighted by Crippen LogP contribution is 2.29. The van der Waals surface area contributed by atoms with Gasteiger partial charge in [-0.15, -0.1) is 0 Å². The van der Waals surface area contributed by atoms with Gasteiger partial charge in [0.15, 0.2) is 0 Å².